The number of halogens is 1. The molecule has 2 atom stereocenters. The average Bonchev–Trinajstić information content (AvgIpc) is 2.94. The summed E-state index contributed by atoms with van der Waals surface area (Å²) < 4.78 is 2.18. The zero-order valence-corrected chi connectivity index (χ0v) is 14.3. The molecule has 0 bridgehead atoms. The van der Waals surface area contributed by atoms with E-state index in [1.807, 2.05) is 31.3 Å². The van der Waals surface area contributed by atoms with E-state index in [2.05, 4.69) is 53.3 Å². The van der Waals surface area contributed by atoms with Crippen LogP contribution in [0.2, 0.25) is 0 Å². The summed E-state index contributed by atoms with van der Waals surface area (Å²) in [5.74, 6) is 0. The molecule has 4 heteroatoms. The van der Waals surface area contributed by atoms with Gasteiger partial charge in [-0.1, -0.05) is 42.5 Å². The molecule has 2 N–H and O–H groups in total. The van der Waals surface area contributed by atoms with Crippen LogP contribution in [0.4, 0.5) is 0 Å². The zero-order valence-electron chi connectivity index (χ0n) is 13.4. The molecule has 1 heterocycles. The Morgan fingerprint density at radius 3 is 2.48 bits per heavy atom. The van der Waals surface area contributed by atoms with E-state index >= 15 is 0 Å². The van der Waals surface area contributed by atoms with E-state index in [1.54, 1.807) is 0 Å². The highest BCUT2D eigenvalue weighted by atomic mass is 35.5. The topological polar surface area (TPSA) is 37.2 Å². The molecule has 3 nitrogen and oxygen atoms in total. The fourth-order valence-electron chi connectivity index (χ4n) is 3.13. The molecule has 0 aliphatic rings. The molecule has 23 heavy (non-hydrogen) atoms. The van der Waals surface area contributed by atoms with Crippen LogP contribution in [0.3, 0.4) is 0 Å². The number of hydrogen-bond donors (Lipinski definition) is 2. The average molecular weight is 331 g/mol. The van der Waals surface area contributed by atoms with Crippen molar-refractivity contribution in [2.75, 3.05) is 13.6 Å². The second-order valence-electron chi connectivity index (χ2n) is 5.71. The van der Waals surface area contributed by atoms with Crippen LogP contribution in [0.1, 0.15) is 17.2 Å². The number of nitrogens with one attached hydrogen (secondary N) is 1. The third kappa shape index (κ3) is 3.42. The molecule has 0 aliphatic carbocycles. The highest BCUT2D eigenvalue weighted by molar-refractivity contribution is 5.85. The number of hydrogen-bond acceptors (Lipinski definition) is 2. The van der Waals surface area contributed by atoms with Gasteiger partial charge >= 0.3 is 0 Å². The molecule has 0 radical (unpaired) electrons. The maximum absolute atomic E-state index is 10.7. The van der Waals surface area contributed by atoms with E-state index < -0.39 is 6.10 Å². The van der Waals surface area contributed by atoms with Crippen molar-refractivity contribution in [3.8, 4) is 0 Å². The Bertz CT molecular complexity index is 769. The molecule has 0 unspecified atom stereocenters. The van der Waals surface area contributed by atoms with Crippen LogP contribution in [-0.4, -0.2) is 29.4 Å². The number of aromatic nitrogens is 1. The number of aliphatic hydroxyl groups is 1. The van der Waals surface area contributed by atoms with Gasteiger partial charge in [0.15, 0.2) is 0 Å². The lowest BCUT2D eigenvalue weighted by Crippen LogP contribution is -2.33. The summed E-state index contributed by atoms with van der Waals surface area (Å²) in [6.45, 7) is 2.64. The SMILES string of the molecule is CNC[C@H](O)[C@@H](c1ccccc1C)n1ccc2ccccc21.Cl. The first kappa shape index (κ1) is 17.5. The van der Waals surface area contributed by atoms with E-state index in [4.69, 9.17) is 0 Å². The smallest absolute Gasteiger partial charge is 0.0912 e. The standard InChI is InChI=1S/C19H22N2O.ClH/c1-14-7-3-5-9-16(14)19(18(22)13-20-2)21-12-11-15-8-4-6-10-17(15)21;/h3-12,18-20,22H,13H2,1-2H3;1H/t18-,19+;/m0./s1. The summed E-state index contributed by atoms with van der Waals surface area (Å²) in [4.78, 5) is 0. The van der Waals surface area contributed by atoms with Crippen LogP contribution in [0, 0.1) is 6.92 Å². The fraction of sp³-hybridized carbons (Fsp3) is 0.263. The van der Waals surface area contributed by atoms with E-state index in [9.17, 15) is 5.11 Å². The van der Waals surface area contributed by atoms with Gasteiger partial charge in [-0.15, -0.1) is 12.4 Å². The van der Waals surface area contributed by atoms with E-state index in [1.165, 1.54) is 10.9 Å². The van der Waals surface area contributed by atoms with Crippen LogP contribution >= 0.6 is 12.4 Å². The van der Waals surface area contributed by atoms with Gasteiger partial charge in [-0.2, -0.15) is 0 Å². The highest BCUT2D eigenvalue weighted by Gasteiger charge is 2.24. The number of nitrogens with zero attached hydrogens (tertiary/aromatic N) is 1. The predicted molar refractivity (Wildman–Crippen MR) is 98.4 cm³/mol. The third-order valence-electron chi connectivity index (χ3n) is 4.21. The summed E-state index contributed by atoms with van der Waals surface area (Å²) in [5.41, 5.74) is 3.50. The van der Waals surface area contributed by atoms with E-state index in [0.717, 1.165) is 11.1 Å². The summed E-state index contributed by atoms with van der Waals surface area (Å²) in [5, 5.41) is 15.0. The normalized spacial score (nSPS) is 13.5. The van der Waals surface area contributed by atoms with Gasteiger partial charge in [0, 0.05) is 18.3 Å². The van der Waals surface area contributed by atoms with Crippen molar-refractivity contribution in [3.63, 3.8) is 0 Å². The molecule has 3 aromatic rings. The lowest BCUT2D eigenvalue weighted by atomic mass is 9.96. The first-order valence-corrected chi connectivity index (χ1v) is 7.66. The summed E-state index contributed by atoms with van der Waals surface area (Å²) in [6.07, 6.45) is 1.57. The molecule has 122 valence electrons. The van der Waals surface area contributed by atoms with Crippen LogP contribution in [0.25, 0.3) is 10.9 Å². The first-order valence-electron chi connectivity index (χ1n) is 7.66. The molecule has 0 saturated carbocycles. The van der Waals surface area contributed by atoms with E-state index in [-0.39, 0.29) is 18.4 Å². The minimum atomic E-state index is -0.498. The minimum Gasteiger partial charge on any atom is -0.389 e. The molecule has 0 aliphatic heterocycles. The highest BCUT2D eigenvalue weighted by Crippen LogP contribution is 2.29. The molecule has 0 spiro atoms. The molecule has 1 aromatic heterocycles. The molecule has 0 saturated heterocycles. The van der Waals surface area contributed by atoms with Crippen molar-refractivity contribution in [1.29, 1.82) is 0 Å². The molecule has 3 rings (SSSR count). The maximum Gasteiger partial charge on any atom is 0.0912 e. The van der Waals surface area contributed by atoms with Gasteiger partial charge in [0.2, 0.25) is 0 Å². The summed E-state index contributed by atoms with van der Waals surface area (Å²) in [6, 6.07) is 18.6. The van der Waals surface area contributed by atoms with Crippen LogP contribution in [0.5, 0.6) is 0 Å². The van der Waals surface area contributed by atoms with Gasteiger partial charge in [0.05, 0.1) is 12.1 Å². The second kappa shape index (κ2) is 7.64. The maximum atomic E-state index is 10.7. The van der Waals surface area contributed by atoms with Crippen LogP contribution < -0.4 is 5.32 Å². The minimum absolute atomic E-state index is 0. The summed E-state index contributed by atoms with van der Waals surface area (Å²) in [7, 11) is 1.87. The van der Waals surface area contributed by atoms with Gasteiger partial charge in [-0.25, -0.2) is 0 Å². The van der Waals surface area contributed by atoms with Crippen molar-refractivity contribution in [2.24, 2.45) is 0 Å². The van der Waals surface area contributed by atoms with Gasteiger partial charge in [-0.05, 0) is 42.6 Å². The molecule has 0 fully saturated rings. The van der Waals surface area contributed by atoms with Crippen molar-refractivity contribution in [1.82, 2.24) is 9.88 Å². The van der Waals surface area contributed by atoms with Gasteiger partial charge in [-0.3, -0.25) is 0 Å². The number of para-hydroxylation sites is 1. The Labute approximate surface area is 143 Å². The summed E-state index contributed by atoms with van der Waals surface area (Å²) >= 11 is 0. The third-order valence-corrected chi connectivity index (χ3v) is 4.21. The molecule has 0 amide bonds. The van der Waals surface area contributed by atoms with E-state index in [0.29, 0.717) is 6.54 Å². The van der Waals surface area contributed by atoms with Crippen molar-refractivity contribution in [2.45, 2.75) is 19.1 Å². The molecular weight excluding hydrogens is 308 g/mol. The number of aliphatic hydroxyl groups excluding tert-OH is 1. The number of rotatable bonds is 5. The van der Waals surface area contributed by atoms with Gasteiger partial charge in [0.1, 0.15) is 0 Å². The second-order valence-corrected chi connectivity index (χ2v) is 5.71. The Morgan fingerprint density at radius 1 is 1.04 bits per heavy atom. The van der Waals surface area contributed by atoms with Crippen LogP contribution in [-0.2, 0) is 0 Å². The monoisotopic (exact) mass is 330 g/mol. The number of benzene rings is 2. The Hall–Kier alpha value is -1.81. The Balaban J connectivity index is 0.00000192. The molecule has 2 aromatic carbocycles. The number of likely N-dealkylation sites (N-methyl/N-ethyl adjacent to an activating group) is 1. The largest absolute Gasteiger partial charge is 0.389 e. The molecular formula is C19H23ClN2O. The fourth-order valence-corrected chi connectivity index (χ4v) is 3.13. The predicted octanol–water partition coefficient (Wildman–Crippen LogP) is 3.54. The zero-order chi connectivity index (χ0) is 15.5. The van der Waals surface area contributed by atoms with Gasteiger partial charge in [0.25, 0.3) is 0 Å². The number of fused-ring (bicyclic) bond motifs is 1. The Kier molecular flexibility index (Phi) is 5.83. The number of aryl methyl sites for hydroxylation is 1. The quantitative estimate of drug-likeness (QED) is 0.750. The van der Waals surface area contributed by atoms with Gasteiger partial charge < -0.3 is 15.0 Å². The van der Waals surface area contributed by atoms with Crippen molar-refractivity contribution >= 4 is 23.3 Å². The lowest BCUT2D eigenvalue weighted by Gasteiger charge is -2.27. The van der Waals surface area contributed by atoms with Crippen LogP contribution in [0.15, 0.2) is 60.8 Å². The Morgan fingerprint density at radius 2 is 1.74 bits per heavy atom. The van der Waals surface area contributed by atoms with Crippen molar-refractivity contribution in [3.05, 3.63) is 71.9 Å². The van der Waals surface area contributed by atoms with Crippen molar-refractivity contribution < 1.29 is 5.11 Å². The lowest BCUT2D eigenvalue weighted by molar-refractivity contribution is 0.132. The first-order chi connectivity index (χ1) is 10.7.